The zero-order chi connectivity index (χ0) is 22.0. The van der Waals surface area contributed by atoms with E-state index in [0.717, 1.165) is 5.56 Å². The van der Waals surface area contributed by atoms with Crippen LogP contribution in [0.1, 0.15) is 24.3 Å². The third-order valence-corrected chi connectivity index (χ3v) is 5.45. The maximum atomic E-state index is 14.8. The first-order chi connectivity index (χ1) is 15.0. The average Bonchev–Trinajstić information content (AvgIpc) is 2.79. The van der Waals surface area contributed by atoms with Crippen molar-refractivity contribution in [2.45, 2.75) is 20.1 Å². The molecule has 4 rings (SSSR count). The zero-order valence-corrected chi connectivity index (χ0v) is 17.4. The molecule has 2 nitrogen and oxygen atoms in total. The summed E-state index contributed by atoms with van der Waals surface area (Å²) in [5.74, 6) is -1.95. The summed E-state index contributed by atoms with van der Waals surface area (Å²) in [6.07, 6.45) is 3.23. The molecule has 0 aliphatic carbocycles. The molecule has 3 aromatic carbocycles. The fraction of sp³-hybridized carbons (Fsp3) is 0.231. The van der Waals surface area contributed by atoms with Crippen molar-refractivity contribution in [3.05, 3.63) is 95.3 Å². The van der Waals surface area contributed by atoms with Crippen molar-refractivity contribution in [3.63, 3.8) is 0 Å². The molecule has 1 aliphatic heterocycles. The van der Waals surface area contributed by atoms with E-state index in [-0.39, 0.29) is 17.0 Å². The molecule has 5 heteroatoms. The average molecular weight is 424 g/mol. The number of halogens is 3. The molecular formula is C26H23F3O2. The number of hydrogen-bond donors (Lipinski definition) is 0. The summed E-state index contributed by atoms with van der Waals surface area (Å²) >= 11 is 0. The lowest BCUT2D eigenvalue weighted by atomic mass is 9.98. The third-order valence-electron chi connectivity index (χ3n) is 5.45. The Labute approximate surface area is 179 Å². The largest absolute Gasteiger partial charge is 0.348 e. The first kappa shape index (κ1) is 21.3. The molecule has 160 valence electrons. The Bertz CT molecular complexity index is 1100. The Morgan fingerprint density at radius 3 is 2.10 bits per heavy atom. The maximum Gasteiger partial charge on any atom is 0.186 e. The molecule has 31 heavy (non-hydrogen) atoms. The molecule has 0 atom stereocenters. The molecule has 0 amide bonds. The highest BCUT2D eigenvalue weighted by Gasteiger charge is 2.24. The van der Waals surface area contributed by atoms with Gasteiger partial charge in [-0.05, 0) is 42.2 Å². The molecule has 0 spiro atoms. The van der Waals surface area contributed by atoms with Gasteiger partial charge in [-0.2, -0.15) is 0 Å². The molecule has 0 bridgehead atoms. The second-order valence-corrected chi connectivity index (χ2v) is 7.66. The van der Waals surface area contributed by atoms with Crippen LogP contribution in [-0.4, -0.2) is 13.2 Å². The molecule has 0 unspecified atom stereocenters. The van der Waals surface area contributed by atoms with E-state index in [1.54, 1.807) is 48.5 Å². The smallest absolute Gasteiger partial charge is 0.186 e. The number of benzene rings is 3. The van der Waals surface area contributed by atoms with E-state index in [0.29, 0.717) is 29.9 Å². The lowest BCUT2D eigenvalue weighted by Gasteiger charge is -2.28. The number of hydrogen-bond acceptors (Lipinski definition) is 2. The number of allylic oxidation sites excluding steroid dienone is 1. The summed E-state index contributed by atoms with van der Waals surface area (Å²) in [6, 6.07) is 14.9. The SMILES string of the molecule is C/C=C/C1COC(c2ccc(-c3ccc(-c4ccc(C)c(F)c4F)cc3)cc2F)OC1. The molecule has 1 fully saturated rings. The standard InChI is InChI=1S/C26H23F3O2/c1-3-4-17-14-30-26(31-15-17)22-12-10-20(13-23(22)27)18-6-8-19(9-7-18)21-11-5-16(2)24(28)25(21)29/h3-13,17,26H,14-15H2,1-2H3/b4-3+. The van der Waals surface area contributed by atoms with E-state index in [9.17, 15) is 13.2 Å². The van der Waals surface area contributed by atoms with Crippen LogP contribution >= 0.6 is 0 Å². The lowest BCUT2D eigenvalue weighted by Crippen LogP contribution is -2.26. The highest BCUT2D eigenvalue weighted by molar-refractivity contribution is 5.71. The van der Waals surface area contributed by atoms with Gasteiger partial charge in [0.25, 0.3) is 0 Å². The quantitative estimate of drug-likeness (QED) is 0.421. The Hall–Kier alpha value is -2.89. The van der Waals surface area contributed by atoms with Crippen LogP contribution in [0.25, 0.3) is 22.3 Å². The number of ether oxygens (including phenoxy) is 2. The van der Waals surface area contributed by atoms with Crippen LogP contribution in [0.5, 0.6) is 0 Å². The van der Waals surface area contributed by atoms with Crippen LogP contribution in [-0.2, 0) is 9.47 Å². The van der Waals surface area contributed by atoms with Crippen LogP contribution < -0.4 is 0 Å². The van der Waals surface area contributed by atoms with Crippen LogP contribution in [0.4, 0.5) is 13.2 Å². The molecule has 0 radical (unpaired) electrons. The van der Waals surface area contributed by atoms with Gasteiger partial charge in [-0.15, -0.1) is 0 Å². The predicted molar refractivity (Wildman–Crippen MR) is 115 cm³/mol. The van der Waals surface area contributed by atoms with Crippen LogP contribution in [0.3, 0.4) is 0 Å². The Balaban J connectivity index is 1.53. The fourth-order valence-electron chi connectivity index (χ4n) is 3.69. The first-order valence-corrected chi connectivity index (χ1v) is 10.2. The second kappa shape index (κ2) is 9.08. The molecule has 1 heterocycles. The number of rotatable bonds is 4. The van der Waals surface area contributed by atoms with Crippen molar-refractivity contribution in [1.82, 2.24) is 0 Å². The Kier molecular flexibility index (Phi) is 6.25. The molecule has 3 aromatic rings. The van der Waals surface area contributed by atoms with Gasteiger partial charge in [0.15, 0.2) is 17.9 Å². The van der Waals surface area contributed by atoms with Gasteiger partial charge in [0.2, 0.25) is 0 Å². The van der Waals surface area contributed by atoms with Gasteiger partial charge in [-0.3, -0.25) is 0 Å². The van der Waals surface area contributed by atoms with Crippen molar-refractivity contribution < 1.29 is 22.6 Å². The van der Waals surface area contributed by atoms with Crippen molar-refractivity contribution in [2.24, 2.45) is 5.92 Å². The van der Waals surface area contributed by atoms with Gasteiger partial charge < -0.3 is 9.47 Å². The van der Waals surface area contributed by atoms with E-state index in [1.807, 2.05) is 19.1 Å². The monoisotopic (exact) mass is 424 g/mol. The molecule has 0 N–H and O–H groups in total. The lowest BCUT2D eigenvalue weighted by molar-refractivity contribution is -0.198. The molecule has 0 aromatic heterocycles. The highest BCUT2D eigenvalue weighted by atomic mass is 19.2. The van der Waals surface area contributed by atoms with Crippen molar-refractivity contribution in [2.75, 3.05) is 13.2 Å². The summed E-state index contributed by atoms with van der Waals surface area (Å²) in [5, 5.41) is 0. The zero-order valence-electron chi connectivity index (χ0n) is 17.4. The molecule has 0 saturated carbocycles. The Morgan fingerprint density at radius 2 is 1.45 bits per heavy atom. The van der Waals surface area contributed by atoms with Crippen molar-refractivity contribution >= 4 is 0 Å². The van der Waals surface area contributed by atoms with Crippen molar-refractivity contribution in [1.29, 1.82) is 0 Å². The third kappa shape index (κ3) is 4.43. The molecule has 1 saturated heterocycles. The first-order valence-electron chi connectivity index (χ1n) is 10.2. The minimum absolute atomic E-state index is 0.175. The van der Waals surface area contributed by atoms with E-state index in [2.05, 4.69) is 0 Å². The van der Waals surface area contributed by atoms with Crippen LogP contribution in [0.15, 0.2) is 66.7 Å². The maximum absolute atomic E-state index is 14.8. The van der Waals surface area contributed by atoms with Crippen LogP contribution in [0, 0.1) is 30.3 Å². The minimum Gasteiger partial charge on any atom is -0.348 e. The number of aryl methyl sites for hydroxylation is 1. The summed E-state index contributed by atoms with van der Waals surface area (Å²) in [7, 11) is 0. The van der Waals surface area contributed by atoms with E-state index < -0.39 is 23.7 Å². The Morgan fingerprint density at radius 1 is 0.806 bits per heavy atom. The topological polar surface area (TPSA) is 18.5 Å². The normalized spacial score (nSPS) is 19.1. The minimum atomic E-state index is -0.868. The van der Waals surface area contributed by atoms with Gasteiger partial charge in [0.05, 0.1) is 13.2 Å². The van der Waals surface area contributed by atoms with Gasteiger partial charge in [0, 0.05) is 17.0 Å². The molecule has 1 aliphatic rings. The van der Waals surface area contributed by atoms with E-state index in [4.69, 9.17) is 9.47 Å². The van der Waals surface area contributed by atoms with E-state index >= 15 is 0 Å². The summed E-state index contributed by atoms with van der Waals surface area (Å²) in [4.78, 5) is 0. The predicted octanol–water partition coefficient (Wildman–Crippen LogP) is 6.98. The highest BCUT2D eigenvalue weighted by Crippen LogP contribution is 2.32. The second-order valence-electron chi connectivity index (χ2n) is 7.66. The fourth-order valence-corrected chi connectivity index (χ4v) is 3.69. The van der Waals surface area contributed by atoms with Gasteiger partial charge in [-0.1, -0.05) is 60.7 Å². The van der Waals surface area contributed by atoms with Gasteiger partial charge >= 0.3 is 0 Å². The van der Waals surface area contributed by atoms with Crippen LogP contribution in [0.2, 0.25) is 0 Å². The van der Waals surface area contributed by atoms with Gasteiger partial charge in [0.1, 0.15) is 5.82 Å². The van der Waals surface area contributed by atoms with Crippen molar-refractivity contribution in [3.8, 4) is 22.3 Å². The van der Waals surface area contributed by atoms with E-state index in [1.165, 1.54) is 13.0 Å². The summed E-state index contributed by atoms with van der Waals surface area (Å²) in [5.41, 5.74) is 2.80. The molecular weight excluding hydrogens is 401 g/mol. The summed E-state index contributed by atoms with van der Waals surface area (Å²) < 4.78 is 54.3. The summed E-state index contributed by atoms with van der Waals surface area (Å²) in [6.45, 7) is 4.42. The van der Waals surface area contributed by atoms with Gasteiger partial charge in [-0.25, -0.2) is 13.2 Å².